The first-order chi connectivity index (χ1) is 8.76. The number of hydrogen-bond donors (Lipinski definition) is 1. The SMILES string of the molecule is COc1nc(Nc2nc3c(s2)CCC3)ncc1Br. The number of halogens is 1. The number of hydrogen-bond acceptors (Lipinski definition) is 6. The third-order valence-corrected chi connectivity index (χ3v) is 4.34. The highest BCUT2D eigenvalue weighted by molar-refractivity contribution is 9.10. The molecule has 1 aliphatic carbocycles. The molecule has 18 heavy (non-hydrogen) atoms. The molecule has 2 heterocycles. The molecule has 0 saturated carbocycles. The minimum atomic E-state index is 0.502. The molecule has 0 bridgehead atoms. The van der Waals surface area contributed by atoms with Crippen LogP contribution < -0.4 is 10.1 Å². The van der Waals surface area contributed by atoms with Gasteiger partial charge in [-0.25, -0.2) is 9.97 Å². The van der Waals surface area contributed by atoms with E-state index in [1.807, 2.05) is 0 Å². The van der Waals surface area contributed by atoms with Crippen LogP contribution in [0.5, 0.6) is 5.88 Å². The Labute approximate surface area is 117 Å². The fourth-order valence-corrected chi connectivity index (χ4v) is 3.29. The van der Waals surface area contributed by atoms with Crippen LogP contribution in [0.15, 0.2) is 10.7 Å². The van der Waals surface area contributed by atoms with Crippen molar-refractivity contribution >= 4 is 38.3 Å². The molecule has 1 aliphatic rings. The summed E-state index contributed by atoms with van der Waals surface area (Å²) < 4.78 is 5.86. The maximum Gasteiger partial charge on any atom is 0.232 e. The lowest BCUT2D eigenvalue weighted by molar-refractivity contribution is 0.394. The summed E-state index contributed by atoms with van der Waals surface area (Å²) in [5, 5.41) is 3.97. The van der Waals surface area contributed by atoms with Crippen LogP contribution in [-0.2, 0) is 12.8 Å². The Morgan fingerprint density at radius 3 is 3.06 bits per heavy atom. The quantitative estimate of drug-likeness (QED) is 0.939. The normalized spacial score (nSPS) is 13.4. The fraction of sp³-hybridized carbons (Fsp3) is 0.364. The van der Waals surface area contributed by atoms with Crippen molar-refractivity contribution in [3.05, 3.63) is 21.2 Å². The van der Waals surface area contributed by atoms with Gasteiger partial charge in [0.2, 0.25) is 11.8 Å². The number of aryl methyl sites for hydroxylation is 2. The van der Waals surface area contributed by atoms with Crippen molar-refractivity contribution in [1.29, 1.82) is 0 Å². The van der Waals surface area contributed by atoms with Crippen molar-refractivity contribution in [3.8, 4) is 5.88 Å². The maximum atomic E-state index is 5.13. The summed E-state index contributed by atoms with van der Waals surface area (Å²) in [4.78, 5) is 14.3. The van der Waals surface area contributed by atoms with Gasteiger partial charge in [0.25, 0.3) is 0 Å². The summed E-state index contributed by atoms with van der Waals surface area (Å²) in [5.41, 5.74) is 1.21. The van der Waals surface area contributed by atoms with Crippen LogP contribution in [0.25, 0.3) is 0 Å². The van der Waals surface area contributed by atoms with E-state index in [0.717, 1.165) is 22.4 Å². The maximum absolute atomic E-state index is 5.13. The zero-order valence-electron chi connectivity index (χ0n) is 9.73. The Morgan fingerprint density at radius 1 is 1.39 bits per heavy atom. The van der Waals surface area contributed by atoms with E-state index < -0.39 is 0 Å². The average Bonchev–Trinajstić information content (AvgIpc) is 2.92. The molecule has 0 saturated heterocycles. The highest BCUT2D eigenvalue weighted by Gasteiger charge is 2.17. The van der Waals surface area contributed by atoms with E-state index in [2.05, 4.69) is 36.2 Å². The molecule has 0 unspecified atom stereocenters. The largest absolute Gasteiger partial charge is 0.480 e. The van der Waals surface area contributed by atoms with Gasteiger partial charge in [-0.05, 0) is 35.2 Å². The Hall–Kier alpha value is -1.21. The fourth-order valence-electron chi connectivity index (χ4n) is 1.89. The molecule has 0 aromatic carbocycles. The monoisotopic (exact) mass is 326 g/mol. The molecular weight excluding hydrogens is 316 g/mol. The van der Waals surface area contributed by atoms with Gasteiger partial charge in [0.15, 0.2) is 5.13 Å². The van der Waals surface area contributed by atoms with Crippen LogP contribution in [0.2, 0.25) is 0 Å². The second-order valence-corrected chi connectivity index (χ2v) is 5.86. The zero-order valence-corrected chi connectivity index (χ0v) is 12.1. The van der Waals surface area contributed by atoms with Crippen LogP contribution in [-0.4, -0.2) is 22.1 Å². The Morgan fingerprint density at radius 2 is 2.28 bits per heavy atom. The number of aromatic nitrogens is 3. The number of fused-ring (bicyclic) bond motifs is 1. The van der Waals surface area contributed by atoms with E-state index in [1.165, 1.54) is 17.0 Å². The van der Waals surface area contributed by atoms with Gasteiger partial charge in [0, 0.05) is 4.88 Å². The van der Waals surface area contributed by atoms with E-state index >= 15 is 0 Å². The van der Waals surface area contributed by atoms with Crippen molar-refractivity contribution < 1.29 is 4.74 Å². The molecule has 0 amide bonds. The van der Waals surface area contributed by atoms with Crippen molar-refractivity contribution in [3.63, 3.8) is 0 Å². The predicted octanol–water partition coefficient (Wildman–Crippen LogP) is 2.94. The van der Waals surface area contributed by atoms with Crippen LogP contribution in [0.1, 0.15) is 17.0 Å². The first-order valence-electron chi connectivity index (χ1n) is 5.58. The number of nitrogens with zero attached hydrogens (tertiary/aromatic N) is 3. The first kappa shape index (κ1) is 11.9. The average molecular weight is 327 g/mol. The number of anilines is 2. The molecule has 0 aliphatic heterocycles. The van der Waals surface area contributed by atoms with Gasteiger partial charge in [-0.3, -0.25) is 5.32 Å². The predicted molar refractivity (Wildman–Crippen MR) is 73.7 cm³/mol. The summed E-state index contributed by atoms with van der Waals surface area (Å²) in [6, 6.07) is 0. The van der Waals surface area contributed by atoms with E-state index in [4.69, 9.17) is 4.74 Å². The molecule has 1 N–H and O–H groups in total. The lowest BCUT2D eigenvalue weighted by Gasteiger charge is -2.04. The minimum absolute atomic E-state index is 0.502. The van der Waals surface area contributed by atoms with Crippen LogP contribution >= 0.6 is 27.3 Å². The van der Waals surface area contributed by atoms with Crippen molar-refractivity contribution in [1.82, 2.24) is 15.0 Å². The topological polar surface area (TPSA) is 59.9 Å². The first-order valence-corrected chi connectivity index (χ1v) is 7.19. The third-order valence-electron chi connectivity index (χ3n) is 2.72. The number of thiazole rings is 1. The molecule has 0 fully saturated rings. The molecule has 94 valence electrons. The van der Waals surface area contributed by atoms with Gasteiger partial charge in [-0.15, -0.1) is 11.3 Å². The second-order valence-electron chi connectivity index (χ2n) is 3.92. The summed E-state index contributed by atoms with van der Waals surface area (Å²) in [6.07, 6.45) is 5.10. The number of rotatable bonds is 3. The Kier molecular flexibility index (Phi) is 3.17. The van der Waals surface area contributed by atoms with Gasteiger partial charge in [-0.2, -0.15) is 4.98 Å². The van der Waals surface area contributed by atoms with E-state index in [-0.39, 0.29) is 0 Å². The van der Waals surface area contributed by atoms with Gasteiger partial charge in [0.1, 0.15) is 0 Å². The van der Waals surface area contributed by atoms with Crippen LogP contribution in [0.4, 0.5) is 11.1 Å². The Balaban J connectivity index is 1.83. The second kappa shape index (κ2) is 4.81. The zero-order chi connectivity index (χ0) is 12.5. The van der Waals surface area contributed by atoms with Gasteiger partial charge in [0.05, 0.1) is 23.5 Å². The van der Waals surface area contributed by atoms with Gasteiger partial charge in [-0.1, -0.05) is 0 Å². The van der Waals surface area contributed by atoms with Crippen molar-refractivity contribution in [2.45, 2.75) is 19.3 Å². The summed E-state index contributed by atoms with van der Waals surface area (Å²) >= 11 is 5.00. The molecule has 0 atom stereocenters. The molecule has 0 spiro atoms. The smallest absolute Gasteiger partial charge is 0.232 e. The third kappa shape index (κ3) is 2.20. The highest BCUT2D eigenvalue weighted by Crippen LogP contribution is 2.32. The molecular formula is C11H11BrN4OS. The Bertz CT molecular complexity index is 565. The lowest BCUT2D eigenvalue weighted by atomic mass is 10.4. The molecule has 3 rings (SSSR count). The van der Waals surface area contributed by atoms with E-state index in [1.54, 1.807) is 24.6 Å². The molecule has 5 nitrogen and oxygen atoms in total. The summed E-state index contributed by atoms with van der Waals surface area (Å²) in [5.74, 6) is 1.01. The highest BCUT2D eigenvalue weighted by atomic mass is 79.9. The van der Waals surface area contributed by atoms with Gasteiger partial charge < -0.3 is 4.74 Å². The van der Waals surface area contributed by atoms with E-state index in [9.17, 15) is 0 Å². The molecule has 2 aromatic rings. The van der Waals surface area contributed by atoms with Crippen LogP contribution in [0.3, 0.4) is 0 Å². The van der Waals surface area contributed by atoms with Crippen molar-refractivity contribution in [2.75, 3.05) is 12.4 Å². The summed E-state index contributed by atoms with van der Waals surface area (Å²) in [6.45, 7) is 0. The standard InChI is InChI=1S/C11H11BrN4OS/c1-17-9-6(12)5-13-10(15-9)16-11-14-7-3-2-4-8(7)18-11/h5H,2-4H2,1H3,(H,13,14,15,16). The molecule has 0 radical (unpaired) electrons. The molecule has 2 aromatic heterocycles. The minimum Gasteiger partial charge on any atom is -0.480 e. The van der Waals surface area contributed by atoms with Gasteiger partial charge >= 0.3 is 0 Å². The van der Waals surface area contributed by atoms with Crippen molar-refractivity contribution in [2.24, 2.45) is 0 Å². The lowest BCUT2D eigenvalue weighted by Crippen LogP contribution is -1.99. The van der Waals surface area contributed by atoms with E-state index in [0.29, 0.717) is 11.8 Å². The summed E-state index contributed by atoms with van der Waals surface area (Å²) in [7, 11) is 1.58. The number of ether oxygens (including phenoxy) is 1. The number of nitrogens with one attached hydrogen (secondary N) is 1. The number of methoxy groups -OCH3 is 1. The molecule has 7 heteroatoms. The van der Waals surface area contributed by atoms with Crippen LogP contribution in [0, 0.1) is 0 Å².